The Morgan fingerprint density at radius 3 is 2.91 bits per heavy atom. The van der Waals surface area contributed by atoms with Gasteiger partial charge in [0, 0.05) is 31.5 Å². The van der Waals surface area contributed by atoms with E-state index >= 15 is 0 Å². The predicted octanol–water partition coefficient (Wildman–Crippen LogP) is 5.22. The first kappa shape index (κ1) is 25.6. The van der Waals surface area contributed by atoms with Crippen LogP contribution >= 0.6 is 0 Å². The van der Waals surface area contributed by atoms with Crippen LogP contribution in [0.25, 0.3) is 0 Å². The number of pyridine rings is 1. The van der Waals surface area contributed by atoms with Gasteiger partial charge in [-0.05, 0) is 75.6 Å². The van der Waals surface area contributed by atoms with E-state index in [1.165, 1.54) is 43.4 Å². The smallest absolute Gasteiger partial charge is 0.151 e. The largest absolute Gasteiger partial charge is 0.491 e. The molecule has 6 heteroatoms. The molecule has 1 N–H and O–H groups in total. The molecule has 1 saturated heterocycles. The van der Waals surface area contributed by atoms with E-state index in [1.807, 2.05) is 24.3 Å². The summed E-state index contributed by atoms with van der Waals surface area (Å²) in [4.78, 5) is 19.9. The number of benzene rings is 1. The van der Waals surface area contributed by atoms with Crippen LogP contribution in [0.1, 0.15) is 68.3 Å². The number of Topliss-reactive ketones (excluding diaryl/α,β-unsaturated/α-hetero) is 1. The third-order valence-corrected chi connectivity index (χ3v) is 7.32. The van der Waals surface area contributed by atoms with Gasteiger partial charge in [-0.3, -0.25) is 9.69 Å². The lowest BCUT2D eigenvalue weighted by molar-refractivity contribution is -0.122. The number of ketones is 1. The van der Waals surface area contributed by atoms with Crippen molar-refractivity contribution >= 4 is 11.6 Å². The van der Waals surface area contributed by atoms with Crippen LogP contribution in [-0.2, 0) is 22.4 Å². The number of hydrogen-bond donors (Lipinski definition) is 1. The number of methoxy groups -OCH3 is 1. The SMILES string of the molecule is COCCOc1ccccc1[C@@H](C(C)=O)N1CC[C@@H](CCCCCc2ccc3c(n2)NCCC3)C1. The van der Waals surface area contributed by atoms with Crippen LogP contribution in [0.15, 0.2) is 36.4 Å². The highest BCUT2D eigenvalue weighted by molar-refractivity contribution is 5.83. The molecule has 0 bridgehead atoms. The Labute approximate surface area is 210 Å². The second kappa shape index (κ2) is 13.0. The number of hydrogen-bond acceptors (Lipinski definition) is 6. The maximum atomic E-state index is 12.7. The summed E-state index contributed by atoms with van der Waals surface area (Å²) >= 11 is 0. The van der Waals surface area contributed by atoms with E-state index in [9.17, 15) is 4.79 Å². The van der Waals surface area contributed by atoms with Gasteiger partial charge in [0.05, 0.1) is 12.6 Å². The maximum absolute atomic E-state index is 12.7. The lowest BCUT2D eigenvalue weighted by Gasteiger charge is -2.27. The van der Waals surface area contributed by atoms with Crippen molar-refractivity contribution in [1.29, 1.82) is 0 Å². The first-order valence-electron chi connectivity index (χ1n) is 13.3. The van der Waals surface area contributed by atoms with Crippen molar-refractivity contribution in [2.75, 3.05) is 45.3 Å². The third-order valence-electron chi connectivity index (χ3n) is 7.32. The number of fused-ring (bicyclic) bond motifs is 1. The quantitative estimate of drug-likeness (QED) is 0.398. The Bertz CT molecular complexity index is 964. The summed E-state index contributed by atoms with van der Waals surface area (Å²) in [5.41, 5.74) is 3.54. The number of aromatic nitrogens is 1. The zero-order valence-corrected chi connectivity index (χ0v) is 21.4. The van der Waals surface area contributed by atoms with Gasteiger partial charge in [-0.2, -0.15) is 0 Å². The second-order valence-corrected chi connectivity index (χ2v) is 9.98. The molecule has 0 spiro atoms. The van der Waals surface area contributed by atoms with Gasteiger partial charge in [0.25, 0.3) is 0 Å². The maximum Gasteiger partial charge on any atom is 0.151 e. The highest BCUT2D eigenvalue weighted by Crippen LogP contribution is 2.35. The van der Waals surface area contributed by atoms with Crippen molar-refractivity contribution < 1.29 is 14.3 Å². The number of nitrogens with zero attached hydrogens (tertiary/aromatic N) is 2. The topological polar surface area (TPSA) is 63.7 Å². The van der Waals surface area contributed by atoms with Crippen LogP contribution < -0.4 is 10.1 Å². The summed E-state index contributed by atoms with van der Waals surface area (Å²) in [6.07, 6.45) is 9.45. The molecule has 2 aliphatic heterocycles. The molecule has 1 fully saturated rings. The molecule has 35 heavy (non-hydrogen) atoms. The summed E-state index contributed by atoms with van der Waals surface area (Å²) in [7, 11) is 1.67. The van der Waals surface area contributed by atoms with E-state index in [0.717, 1.165) is 56.0 Å². The number of ether oxygens (including phenoxy) is 2. The third kappa shape index (κ3) is 7.05. The minimum Gasteiger partial charge on any atom is -0.491 e. The molecule has 0 unspecified atom stereocenters. The molecule has 1 aromatic carbocycles. The van der Waals surface area contributed by atoms with E-state index < -0.39 is 0 Å². The number of para-hydroxylation sites is 1. The molecule has 0 amide bonds. The normalized spacial score (nSPS) is 18.6. The Morgan fingerprint density at radius 1 is 1.17 bits per heavy atom. The van der Waals surface area contributed by atoms with Gasteiger partial charge in [0.2, 0.25) is 0 Å². The van der Waals surface area contributed by atoms with Crippen molar-refractivity contribution in [1.82, 2.24) is 9.88 Å². The van der Waals surface area contributed by atoms with E-state index in [-0.39, 0.29) is 11.8 Å². The standard InChI is InChI=1S/C29H41N3O3/c1-22(33)28(26-12-6-7-13-27(26)35-20-19-34-2)32-18-16-23(21-32)9-4-3-5-11-25-15-14-24-10-8-17-30-29(24)31-25/h6-7,12-15,23,28H,3-5,8-11,16-21H2,1-2H3,(H,30,31)/t23-,28-/m1/s1. The number of carbonyl (C=O) groups excluding carboxylic acids is 1. The molecule has 1 aromatic heterocycles. The average Bonchev–Trinajstić information content (AvgIpc) is 3.33. The predicted molar refractivity (Wildman–Crippen MR) is 140 cm³/mol. The number of aryl methyl sites for hydroxylation is 2. The lowest BCUT2D eigenvalue weighted by atomic mass is 9.98. The Hall–Kier alpha value is -2.44. The zero-order valence-electron chi connectivity index (χ0n) is 21.4. The fraction of sp³-hybridized carbons (Fsp3) is 0.586. The highest BCUT2D eigenvalue weighted by Gasteiger charge is 2.33. The summed E-state index contributed by atoms with van der Waals surface area (Å²) in [6, 6.07) is 12.2. The van der Waals surface area contributed by atoms with Crippen LogP contribution in [0, 0.1) is 5.92 Å². The van der Waals surface area contributed by atoms with Crippen molar-refractivity contribution in [3.8, 4) is 5.75 Å². The monoisotopic (exact) mass is 479 g/mol. The van der Waals surface area contributed by atoms with Crippen molar-refractivity contribution in [2.45, 2.75) is 64.3 Å². The summed E-state index contributed by atoms with van der Waals surface area (Å²) in [5.74, 6) is 2.73. The lowest BCUT2D eigenvalue weighted by Crippen LogP contribution is -2.31. The van der Waals surface area contributed by atoms with Crippen molar-refractivity contribution in [3.63, 3.8) is 0 Å². The molecule has 0 radical (unpaired) electrons. The van der Waals surface area contributed by atoms with E-state index in [0.29, 0.717) is 19.1 Å². The van der Waals surface area contributed by atoms with Crippen LogP contribution in [0.2, 0.25) is 0 Å². The second-order valence-electron chi connectivity index (χ2n) is 9.98. The van der Waals surface area contributed by atoms with E-state index in [4.69, 9.17) is 14.5 Å². The van der Waals surface area contributed by atoms with E-state index in [2.05, 4.69) is 22.3 Å². The number of nitrogens with one attached hydrogen (secondary N) is 1. The molecule has 190 valence electrons. The molecule has 2 aromatic rings. The first-order valence-corrected chi connectivity index (χ1v) is 13.3. The summed E-state index contributed by atoms with van der Waals surface area (Å²) < 4.78 is 11.1. The van der Waals surface area contributed by atoms with Gasteiger partial charge in [-0.1, -0.05) is 37.1 Å². The first-order chi connectivity index (χ1) is 17.2. The summed E-state index contributed by atoms with van der Waals surface area (Å²) in [6.45, 7) is 5.71. The van der Waals surface area contributed by atoms with E-state index in [1.54, 1.807) is 14.0 Å². The van der Waals surface area contributed by atoms with Crippen LogP contribution in [0.3, 0.4) is 0 Å². The molecule has 4 rings (SSSR count). The molecule has 0 saturated carbocycles. The number of carbonyl (C=O) groups is 1. The van der Waals surface area contributed by atoms with Crippen LogP contribution in [0.5, 0.6) is 5.75 Å². The minimum absolute atomic E-state index is 0.181. The molecule has 2 aliphatic rings. The number of anilines is 1. The van der Waals surface area contributed by atoms with Gasteiger partial charge in [0.1, 0.15) is 18.2 Å². The highest BCUT2D eigenvalue weighted by atomic mass is 16.5. The van der Waals surface area contributed by atoms with Gasteiger partial charge in [-0.25, -0.2) is 4.98 Å². The van der Waals surface area contributed by atoms with Gasteiger partial charge < -0.3 is 14.8 Å². The van der Waals surface area contributed by atoms with Crippen LogP contribution in [-0.4, -0.2) is 55.6 Å². The molecular weight excluding hydrogens is 438 g/mol. The summed E-state index contributed by atoms with van der Waals surface area (Å²) in [5, 5.41) is 3.44. The molecule has 3 heterocycles. The Morgan fingerprint density at radius 2 is 2.06 bits per heavy atom. The molecular formula is C29H41N3O3. The van der Waals surface area contributed by atoms with Gasteiger partial charge in [-0.15, -0.1) is 0 Å². The van der Waals surface area contributed by atoms with Gasteiger partial charge in [0.15, 0.2) is 5.78 Å². The zero-order chi connectivity index (χ0) is 24.5. The van der Waals surface area contributed by atoms with Gasteiger partial charge >= 0.3 is 0 Å². The van der Waals surface area contributed by atoms with Crippen LogP contribution in [0.4, 0.5) is 5.82 Å². The number of unbranched alkanes of at least 4 members (excludes halogenated alkanes) is 2. The molecule has 6 nitrogen and oxygen atoms in total. The minimum atomic E-state index is -0.234. The fourth-order valence-electron chi connectivity index (χ4n) is 5.50. The fourth-order valence-corrected chi connectivity index (χ4v) is 5.50. The Balaban J connectivity index is 1.23. The average molecular weight is 480 g/mol. The molecule has 2 atom stereocenters. The number of likely N-dealkylation sites (tertiary alicyclic amines) is 1. The number of rotatable bonds is 13. The van der Waals surface area contributed by atoms with Crippen molar-refractivity contribution in [3.05, 3.63) is 53.2 Å². The Kier molecular flexibility index (Phi) is 9.55. The van der Waals surface area contributed by atoms with Crippen molar-refractivity contribution in [2.24, 2.45) is 5.92 Å². The molecule has 0 aliphatic carbocycles.